The Morgan fingerprint density at radius 2 is 1.68 bits per heavy atom. The summed E-state index contributed by atoms with van der Waals surface area (Å²) in [5, 5.41) is 0.0946. The molecule has 0 unspecified atom stereocenters. The van der Waals surface area contributed by atoms with Crippen LogP contribution < -0.4 is 5.73 Å². The van der Waals surface area contributed by atoms with Crippen molar-refractivity contribution in [3.8, 4) is 0 Å². The number of hydrogen-bond donors (Lipinski definition) is 1. The van der Waals surface area contributed by atoms with Gasteiger partial charge < -0.3 is 5.73 Å². The van der Waals surface area contributed by atoms with Gasteiger partial charge in [-0.05, 0) is 41.5 Å². The first-order chi connectivity index (χ1) is 12.8. The Bertz CT molecular complexity index is 937. The molecule has 0 radical (unpaired) electrons. The second kappa shape index (κ2) is 8.26. The van der Waals surface area contributed by atoms with Gasteiger partial charge in [0.25, 0.3) is 0 Å². The van der Waals surface area contributed by atoms with Crippen molar-refractivity contribution < 1.29 is 31.1 Å². The summed E-state index contributed by atoms with van der Waals surface area (Å²) in [7, 11) is 0. The van der Waals surface area contributed by atoms with Crippen LogP contribution in [-0.4, -0.2) is 12.0 Å². The minimum atomic E-state index is -5.07. The molecule has 2 aromatic carbocycles. The molecule has 0 aliphatic heterocycles. The maximum absolute atomic E-state index is 13.5. The van der Waals surface area contributed by atoms with E-state index in [1.54, 1.807) is 0 Å². The Morgan fingerprint density at radius 1 is 1.04 bits per heavy atom. The van der Waals surface area contributed by atoms with E-state index in [1.165, 1.54) is 12.1 Å². The zero-order valence-corrected chi connectivity index (χ0v) is 16.1. The van der Waals surface area contributed by atoms with Gasteiger partial charge in [0.05, 0.1) is 11.1 Å². The van der Waals surface area contributed by atoms with Gasteiger partial charge in [-0.1, -0.05) is 39.7 Å². The Morgan fingerprint density at radius 3 is 2.18 bits per heavy atom. The molecule has 0 spiro atoms. The average Bonchev–Trinajstić information content (AvgIpc) is 2.57. The second-order valence-electron chi connectivity index (χ2n) is 5.66. The number of halogens is 8. The summed E-state index contributed by atoms with van der Waals surface area (Å²) in [6.45, 7) is 0.0647. The van der Waals surface area contributed by atoms with E-state index >= 15 is 0 Å². The molecule has 0 amide bonds. The molecule has 2 aromatic rings. The van der Waals surface area contributed by atoms with Crippen molar-refractivity contribution in [2.75, 3.05) is 0 Å². The summed E-state index contributed by atoms with van der Waals surface area (Å²) < 4.78 is 79.0. The minimum Gasteiger partial charge on any atom is -0.326 e. The highest BCUT2D eigenvalue weighted by Crippen LogP contribution is 2.39. The summed E-state index contributed by atoms with van der Waals surface area (Å²) in [6, 6.07) is 5.61. The molecule has 0 heterocycles. The Labute approximate surface area is 169 Å². The lowest BCUT2D eigenvalue weighted by atomic mass is 9.99. The van der Waals surface area contributed by atoms with Gasteiger partial charge in [-0.25, -0.2) is 0 Å². The van der Waals surface area contributed by atoms with Gasteiger partial charge in [0.1, 0.15) is 0 Å². The molecule has 0 aliphatic rings. The quantitative estimate of drug-likeness (QED) is 0.308. The minimum absolute atomic E-state index is 0.0647. The van der Waals surface area contributed by atoms with Crippen molar-refractivity contribution in [3.05, 3.63) is 74.2 Å². The van der Waals surface area contributed by atoms with E-state index in [1.807, 2.05) is 0 Å². The van der Waals surface area contributed by atoms with E-state index in [9.17, 15) is 31.1 Å². The number of allylic oxidation sites excluding steroid dienone is 2. The van der Waals surface area contributed by atoms with E-state index in [0.29, 0.717) is 17.7 Å². The number of carbonyl (C=O) groups is 1. The van der Waals surface area contributed by atoms with E-state index in [-0.39, 0.29) is 27.7 Å². The van der Waals surface area contributed by atoms with Crippen molar-refractivity contribution in [2.45, 2.75) is 18.9 Å². The van der Waals surface area contributed by atoms with Crippen LogP contribution in [0.3, 0.4) is 0 Å². The molecule has 0 saturated carbocycles. The van der Waals surface area contributed by atoms with Crippen molar-refractivity contribution in [1.82, 2.24) is 0 Å². The molecular weight excluding hydrogens is 476 g/mol. The third-order valence-electron chi connectivity index (χ3n) is 3.67. The molecule has 10 heteroatoms. The van der Waals surface area contributed by atoms with Crippen LogP contribution >= 0.6 is 27.5 Å². The highest BCUT2D eigenvalue weighted by Gasteiger charge is 2.38. The highest BCUT2D eigenvalue weighted by molar-refractivity contribution is 9.10. The summed E-state index contributed by atoms with van der Waals surface area (Å²) >= 11 is 8.67. The third-order valence-corrected chi connectivity index (χ3v) is 4.48. The lowest BCUT2D eigenvalue weighted by Gasteiger charge is -2.15. The molecule has 2 nitrogen and oxygen atoms in total. The van der Waals surface area contributed by atoms with Crippen LogP contribution in [0.4, 0.5) is 26.3 Å². The largest absolute Gasteiger partial charge is 0.417 e. The second-order valence-corrected chi connectivity index (χ2v) is 6.98. The van der Waals surface area contributed by atoms with Gasteiger partial charge >= 0.3 is 12.4 Å². The van der Waals surface area contributed by atoms with Crippen molar-refractivity contribution in [3.63, 3.8) is 0 Å². The first-order valence-electron chi connectivity index (χ1n) is 7.53. The summed E-state index contributed by atoms with van der Waals surface area (Å²) in [6.07, 6.45) is -9.68. The van der Waals surface area contributed by atoms with Gasteiger partial charge in [-0.3, -0.25) is 4.79 Å². The SMILES string of the molecule is NCc1ccc(C(=O)C=C(c2cc(Br)cc(C(F)(F)F)c2)C(F)(F)F)cc1Cl. The molecule has 0 saturated heterocycles. The summed E-state index contributed by atoms with van der Waals surface area (Å²) in [5.41, 5.74) is 2.16. The van der Waals surface area contributed by atoms with Gasteiger partial charge in [0.15, 0.2) is 5.78 Å². The molecule has 28 heavy (non-hydrogen) atoms. The number of nitrogens with two attached hydrogens (primary N) is 1. The number of benzene rings is 2. The highest BCUT2D eigenvalue weighted by atomic mass is 79.9. The summed E-state index contributed by atoms with van der Waals surface area (Å²) in [5.74, 6) is -1.06. The molecule has 2 rings (SSSR count). The number of ketones is 1. The molecule has 0 aliphatic carbocycles. The molecular formula is C18H11BrClF6NO. The fourth-order valence-electron chi connectivity index (χ4n) is 2.32. The number of rotatable bonds is 4. The maximum Gasteiger partial charge on any atom is 0.417 e. The van der Waals surface area contributed by atoms with E-state index in [4.69, 9.17) is 17.3 Å². The Kier molecular flexibility index (Phi) is 6.62. The number of alkyl halides is 6. The first-order valence-corrected chi connectivity index (χ1v) is 8.70. The molecule has 0 fully saturated rings. The molecule has 0 atom stereocenters. The predicted molar refractivity (Wildman–Crippen MR) is 96.8 cm³/mol. The first kappa shape index (κ1) is 22.4. The lowest BCUT2D eigenvalue weighted by molar-refractivity contribution is -0.137. The van der Waals surface area contributed by atoms with Gasteiger partial charge in [-0.2, -0.15) is 26.3 Å². The van der Waals surface area contributed by atoms with Crippen LogP contribution in [0.5, 0.6) is 0 Å². The Hall–Kier alpha value is -1.84. The van der Waals surface area contributed by atoms with Crippen LogP contribution in [0.25, 0.3) is 5.57 Å². The Balaban J connectivity index is 2.58. The number of carbonyl (C=O) groups excluding carboxylic acids is 1. The van der Waals surface area contributed by atoms with E-state index in [2.05, 4.69) is 15.9 Å². The fourth-order valence-corrected chi connectivity index (χ4v) is 3.07. The third kappa shape index (κ3) is 5.36. The zero-order valence-electron chi connectivity index (χ0n) is 13.8. The normalized spacial score (nSPS) is 13.0. The van der Waals surface area contributed by atoms with Crippen LogP contribution in [0, 0.1) is 0 Å². The van der Waals surface area contributed by atoms with Crippen molar-refractivity contribution in [1.29, 1.82) is 0 Å². The average molecular weight is 487 g/mol. The van der Waals surface area contributed by atoms with Crippen LogP contribution in [0.1, 0.15) is 27.0 Å². The topological polar surface area (TPSA) is 43.1 Å². The van der Waals surface area contributed by atoms with Gasteiger partial charge in [-0.15, -0.1) is 0 Å². The molecule has 0 bridgehead atoms. The molecule has 2 N–H and O–H groups in total. The fraction of sp³-hybridized carbons (Fsp3) is 0.167. The van der Waals surface area contributed by atoms with Crippen molar-refractivity contribution in [2.24, 2.45) is 5.73 Å². The van der Waals surface area contributed by atoms with Gasteiger partial charge in [0, 0.05) is 21.6 Å². The number of hydrogen-bond acceptors (Lipinski definition) is 2. The zero-order chi connectivity index (χ0) is 21.3. The van der Waals surface area contributed by atoms with Crippen molar-refractivity contribution >= 4 is 38.9 Å². The molecule has 0 aromatic heterocycles. The monoisotopic (exact) mass is 485 g/mol. The van der Waals surface area contributed by atoms with E-state index < -0.39 is 34.8 Å². The summed E-state index contributed by atoms with van der Waals surface area (Å²) in [4.78, 5) is 12.3. The van der Waals surface area contributed by atoms with E-state index in [0.717, 1.165) is 12.1 Å². The smallest absolute Gasteiger partial charge is 0.326 e. The van der Waals surface area contributed by atoms with Gasteiger partial charge in [0.2, 0.25) is 0 Å². The standard InChI is InChI=1S/C18H11BrClF6NO/c19-13-4-11(3-12(6-13)17(21,22)23)14(18(24,25)26)7-16(28)9-1-2-10(8-27)15(20)5-9/h1-7H,8,27H2. The maximum atomic E-state index is 13.5. The van der Waals surface area contributed by atoms with Crippen LogP contribution in [0.15, 0.2) is 46.9 Å². The predicted octanol–water partition coefficient (Wildman–Crippen LogP) is 6.41. The molecule has 150 valence electrons. The van der Waals surface area contributed by atoms with Crippen LogP contribution in [0.2, 0.25) is 5.02 Å². The van der Waals surface area contributed by atoms with Crippen LogP contribution in [-0.2, 0) is 12.7 Å². The lowest BCUT2D eigenvalue weighted by Crippen LogP contribution is -2.14.